The number of nitrogen functional groups attached to an aromatic ring is 1. The molecule has 0 aliphatic carbocycles. The van der Waals surface area contributed by atoms with E-state index in [0.29, 0.717) is 22.7 Å². The first kappa shape index (κ1) is 18.2. The molecule has 0 bridgehead atoms. The number of aliphatic hydroxyl groups is 1. The van der Waals surface area contributed by atoms with Crippen LogP contribution in [0.15, 0.2) is 17.0 Å². The summed E-state index contributed by atoms with van der Waals surface area (Å²) in [5.41, 5.74) is 6.54. The maximum Gasteiger partial charge on any atom is 0.240 e. The highest BCUT2D eigenvalue weighted by Gasteiger charge is 2.23. The maximum atomic E-state index is 12.3. The van der Waals surface area contributed by atoms with Gasteiger partial charge >= 0.3 is 0 Å². The normalized spacial score (nSPS) is 12.6. The predicted molar refractivity (Wildman–Crippen MR) is 85.9 cm³/mol. The fourth-order valence-corrected chi connectivity index (χ4v) is 3.44. The molecule has 0 spiro atoms. The van der Waals surface area contributed by atoms with Crippen molar-refractivity contribution in [3.05, 3.63) is 22.7 Å². The third kappa shape index (κ3) is 5.14. The first-order valence-electron chi connectivity index (χ1n) is 6.75. The average Bonchev–Trinajstić information content (AvgIpc) is 2.40. The van der Waals surface area contributed by atoms with Crippen molar-refractivity contribution < 1.29 is 13.5 Å². The zero-order chi connectivity index (χ0) is 16.3. The standard InChI is InChI=1S/C14H23ClN2O3S/c1-10-12(15)7-11(8-13(10)16)21(19,20)17-9-14(2,3)5-4-6-18/h7-8,17-18H,4-6,9,16H2,1-3H3. The quantitative estimate of drug-likeness (QED) is 0.667. The van der Waals surface area contributed by atoms with Gasteiger partial charge in [0.25, 0.3) is 0 Å². The Morgan fingerprint density at radius 3 is 2.52 bits per heavy atom. The summed E-state index contributed by atoms with van der Waals surface area (Å²) < 4.78 is 27.2. The third-order valence-corrected chi connectivity index (χ3v) is 5.19. The molecule has 7 heteroatoms. The molecule has 0 saturated heterocycles. The van der Waals surface area contributed by atoms with Crippen molar-refractivity contribution in [2.24, 2.45) is 5.41 Å². The second kappa shape index (κ2) is 6.96. The Labute approximate surface area is 131 Å². The molecule has 0 unspecified atom stereocenters. The monoisotopic (exact) mass is 334 g/mol. The van der Waals surface area contributed by atoms with Crippen LogP contribution in [0.25, 0.3) is 0 Å². The molecule has 4 N–H and O–H groups in total. The number of aliphatic hydroxyl groups excluding tert-OH is 1. The van der Waals surface area contributed by atoms with Crippen molar-refractivity contribution in [1.82, 2.24) is 4.72 Å². The molecule has 0 atom stereocenters. The van der Waals surface area contributed by atoms with Crippen LogP contribution in [0, 0.1) is 12.3 Å². The van der Waals surface area contributed by atoms with Gasteiger partial charge in [-0.2, -0.15) is 0 Å². The lowest BCUT2D eigenvalue weighted by molar-refractivity contribution is 0.242. The average molecular weight is 335 g/mol. The lowest BCUT2D eigenvalue weighted by atomic mass is 9.88. The number of anilines is 1. The van der Waals surface area contributed by atoms with Crippen LogP contribution in [0.4, 0.5) is 5.69 Å². The molecule has 0 fully saturated rings. The van der Waals surface area contributed by atoms with Crippen molar-refractivity contribution >= 4 is 27.3 Å². The van der Waals surface area contributed by atoms with Crippen molar-refractivity contribution in [3.63, 3.8) is 0 Å². The Morgan fingerprint density at radius 2 is 2.00 bits per heavy atom. The van der Waals surface area contributed by atoms with E-state index >= 15 is 0 Å². The van der Waals surface area contributed by atoms with Crippen LogP contribution in [-0.4, -0.2) is 26.7 Å². The largest absolute Gasteiger partial charge is 0.398 e. The van der Waals surface area contributed by atoms with Gasteiger partial charge in [0.1, 0.15) is 0 Å². The number of hydrogen-bond donors (Lipinski definition) is 3. The van der Waals surface area contributed by atoms with Crippen LogP contribution in [0.5, 0.6) is 0 Å². The van der Waals surface area contributed by atoms with Crippen LogP contribution in [-0.2, 0) is 10.0 Å². The van der Waals surface area contributed by atoms with E-state index in [1.54, 1.807) is 6.92 Å². The van der Waals surface area contributed by atoms with Gasteiger partial charge in [0, 0.05) is 23.9 Å². The molecular formula is C14H23ClN2O3S. The van der Waals surface area contributed by atoms with Gasteiger partial charge in [-0.05, 0) is 42.9 Å². The molecule has 21 heavy (non-hydrogen) atoms. The number of benzene rings is 1. The Hall–Kier alpha value is -0.820. The van der Waals surface area contributed by atoms with E-state index in [0.717, 1.165) is 6.42 Å². The lowest BCUT2D eigenvalue weighted by Crippen LogP contribution is -2.34. The zero-order valence-corrected chi connectivity index (χ0v) is 14.2. The molecule has 0 aromatic heterocycles. The molecule has 0 aliphatic rings. The number of hydrogen-bond acceptors (Lipinski definition) is 4. The smallest absolute Gasteiger partial charge is 0.240 e. The fraction of sp³-hybridized carbons (Fsp3) is 0.571. The first-order valence-corrected chi connectivity index (χ1v) is 8.61. The molecule has 120 valence electrons. The van der Waals surface area contributed by atoms with E-state index < -0.39 is 10.0 Å². The van der Waals surface area contributed by atoms with Crippen molar-refractivity contribution in [3.8, 4) is 0 Å². The molecule has 5 nitrogen and oxygen atoms in total. The molecule has 0 aliphatic heterocycles. The van der Waals surface area contributed by atoms with Gasteiger partial charge in [-0.15, -0.1) is 0 Å². The van der Waals surface area contributed by atoms with Gasteiger partial charge in [0.15, 0.2) is 0 Å². The van der Waals surface area contributed by atoms with Gasteiger partial charge < -0.3 is 10.8 Å². The Balaban J connectivity index is 2.88. The summed E-state index contributed by atoms with van der Waals surface area (Å²) in [6.07, 6.45) is 1.36. The van der Waals surface area contributed by atoms with Gasteiger partial charge in [0.2, 0.25) is 10.0 Å². The van der Waals surface area contributed by atoms with Gasteiger partial charge in [-0.3, -0.25) is 0 Å². The molecule has 0 heterocycles. The minimum absolute atomic E-state index is 0.0635. The van der Waals surface area contributed by atoms with E-state index in [1.165, 1.54) is 12.1 Å². The summed E-state index contributed by atoms with van der Waals surface area (Å²) in [7, 11) is -3.66. The minimum atomic E-state index is -3.66. The van der Waals surface area contributed by atoms with E-state index in [4.69, 9.17) is 22.4 Å². The number of sulfonamides is 1. The first-order chi connectivity index (χ1) is 9.59. The van der Waals surface area contributed by atoms with E-state index in [2.05, 4.69) is 4.72 Å². The fourth-order valence-electron chi connectivity index (χ4n) is 1.85. The summed E-state index contributed by atoms with van der Waals surface area (Å²) in [6, 6.07) is 2.81. The van der Waals surface area contributed by atoms with Crippen molar-refractivity contribution in [2.75, 3.05) is 18.9 Å². The summed E-state index contributed by atoms with van der Waals surface area (Å²) >= 11 is 5.98. The third-order valence-electron chi connectivity index (χ3n) is 3.42. The lowest BCUT2D eigenvalue weighted by Gasteiger charge is -2.24. The highest BCUT2D eigenvalue weighted by Crippen LogP contribution is 2.27. The second-order valence-electron chi connectivity index (χ2n) is 5.94. The molecule has 1 aromatic carbocycles. The molecule has 1 aromatic rings. The van der Waals surface area contributed by atoms with E-state index in [9.17, 15) is 8.42 Å². The number of halogens is 1. The van der Waals surface area contributed by atoms with Gasteiger partial charge in [-0.25, -0.2) is 13.1 Å². The molecule has 1 rings (SSSR count). The molecule has 0 radical (unpaired) electrons. The Bertz CT molecular complexity index is 577. The summed E-state index contributed by atoms with van der Waals surface area (Å²) in [6.45, 7) is 6.00. The summed E-state index contributed by atoms with van der Waals surface area (Å²) in [5.74, 6) is 0. The van der Waals surface area contributed by atoms with E-state index in [1.807, 2.05) is 13.8 Å². The highest BCUT2D eigenvalue weighted by molar-refractivity contribution is 7.89. The highest BCUT2D eigenvalue weighted by atomic mass is 35.5. The van der Waals surface area contributed by atoms with Gasteiger partial charge in [-0.1, -0.05) is 25.4 Å². The van der Waals surface area contributed by atoms with Crippen molar-refractivity contribution in [2.45, 2.75) is 38.5 Å². The topological polar surface area (TPSA) is 92.4 Å². The zero-order valence-electron chi connectivity index (χ0n) is 12.6. The SMILES string of the molecule is Cc1c(N)cc(S(=O)(=O)NCC(C)(C)CCCO)cc1Cl. The maximum absolute atomic E-state index is 12.3. The van der Waals surface area contributed by atoms with Gasteiger partial charge in [0.05, 0.1) is 4.90 Å². The van der Waals surface area contributed by atoms with Crippen LogP contribution in [0.3, 0.4) is 0 Å². The van der Waals surface area contributed by atoms with E-state index in [-0.39, 0.29) is 23.5 Å². The summed E-state index contributed by atoms with van der Waals surface area (Å²) in [4.78, 5) is 0.0635. The Kier molecular flexibility index (Phi) is 6.04. The Morgan fingerprint density at radius 1 is 1.38 bits per heavy atom. The van der Waals surface area contributed by atoms with Crippen LogP contribution in [0.2, 0.25) is 5.02 Å². The number of rotatable bonds is 7. The molecular weight excluding hydrogens is 312 g/mol. The van der Waals surface area contributed by atoms with Crippen LogP contribution in [0.1, 0.15) is 32.3 Å². The van der Waals surface area contributed by atoms with Crippen LogP contribution >= 0.6 is 11.6 Å². The minimum Gasteiger partial charge on any atom is -0.398 e. The predicted octanol–water partition coefficient (Wildman–Crippen LogP) is 2.31. The van der Waals surface area contributed by atoms with Crippen LogP contribution < -0.4 is 10.5 Å². The van der Waals surface area contributed by atoms with Crippen molar-refractivity contribution in [1.29, 1.82) is 0 Å². The molecule has 0 saturated carbocycles. The number of nitrogens with one attached hydrogen (secondary N) is 1. The summed E-state index contributed by atoms with van der Waals surface area (Å²) in [5, 5.41) is 9.18. The second-order valence-corrected chi connectivity index (χ2v) is 8.11. The molecule has 0 amide bonds. The number of nitrogens with two attached hydrogens (primary N) is 1.